The molecule has 1 aromatic carbocycles. The van der Waals surface area contributed by atoms with Crippen molar-refractivity contribution in [3.05, 3.63) is 35.8 Å². The first-order valence-corrected chi connectivity index (χ1v) is 4.66. The van der Waals surface area contributed by atoms with Gasteiger partial charge in [-0.05, 0) is 25.1 Å². The molecule has 3 nitrogen and oxygen atoms in total. The molecule has 1 aromatic heterocycles. The Morgan fingerprint density at radius 3 is 3.07 bits per heavy atom. The number of hydrogen-bond donors (Lipinski definition) is 1. The number of halogens is 1. The van der Waals surface area contributed by atoms with Gasteiger partial charge in [0, 0.05) is 11.6 Å². The summed E-state index contributed by atoms with van der Waals surface area (Å²) < 4.78 is 18.0. The summed E-state index contributed by atoms with van der Waals surface area (Å²) in [6, 6.07) is 4.26. The molecule has 0 amide bonds. The van der Waals surface area contributed by atoms with Gasteiger partial charge in [0.25, 0.3) is 0 Å². The topological polar surface area (TPSA) is 42.1 Å². The molecule has 0 aliphatic rings. The monoisotopic (exact) mass is 207 g/mol. The summed E-state index contributed by atoms with van der Waals surface area (Å²) in [5.74, 6) is -0.949. The van der Waals surface area contributed by atoms with Crippen LogP contribution in [0.25, 0.3) is 10.9 Å². The van der Waals surface area contributed by atoms with E-state index in [-0.39, 0.29) is 12.2 Å². The molecule has 0 aliphatic heterocycles. The van der Waals surface area contributed by atoms with Crippen molar-refractivity contribution in [2.24, 2.45) is 0 Å². The average Bonchev–Trinajstić information content (AvgIpc) is 2.64. The van der Waals surface area contributed by atoms with Gasteiger partial charge in [0.2, 0.25) is 0 Å². The largest absolute Gasteiger partial charge is 0.462 e. The van der Waals surface area contributed by atoms with Crippen molar-refractivity contribution in [1.29, 1.82) is 0 Å². The molecule has 0 saturated heterocycles. The summed E-state index contributed by atoms with van der Waals surface area (Å²) >= 11 is 0. The molecule has 0 fully saturated rings. The zero-order valence-electron chi connectivity index (χ0n) is 8.21. The van der Waals surface area contributed by atoms with E-state index in [0.717, 1.165) is 0 Å². The van der Waals surface area contributed by atoms with E-state index in [0.29, 0.717) is 10.9 Å². The Bertz CT molecular complexity index is 504. The van der Waals surface area contributed by atoms with Crippen molar-refractivity contribution in [3.8, 4) is 0 Å². The molecule has 4 heteroatoms. The molecule has 0 spiro atoms. The number of aromatic amines is 1. The molecule has 0 radical (unpaired) electrons. The fraction of sp³-hybridized carbons (Fsp3) is 0.182. The lowest BCUT2D eigenvalue weighted by molar-refractivity contribution is 0.0528. The van der Waals surface area contributed by atoms with Gasteiger partial charge in [-0.3, -0.25) is 0 Å². The summed E-state index contributed by atoms with van der Waals surface area (Å²) in [5.41, 5.74) is 0.840. The minimum Gasteiger partial charge on any atom is -0.462 e. The van der Waals surface area contributed by atoms with E-state index in [1.54, 1.807) is 19.2 Å². The Hall–Kier alpha value is -1.84. The van der Waals surface area contributed by atoms with Crippen LogP contribution in [-0.4, -0.2) is 17.6 Å². The highest BCUT2D eigenvalue weighted by molar-refractivity contribution is 6.02. The van der Waals surface area contributed by atoms with Crippen LogP contribution >= 0.6 is 0 Å². The van der Waals surface area contributed by atoms with E-state index in [9.17, 15) is 9.18 Å². The van der Waals surface area contributed by atoms with E-state index in [1.807, 2.05) is 0 Å². The van der Waals surface area contributed by atoms with E-state index in [1.165, 1.54) is 12.1 Å². The van der Waals surface area contributed by atoms with Gasteiger partial charge < -0.3 is 9.72 Å². The van der Waals surface area contributed by atoms with Gasteiger partial charge in [-0.15, -0.1) is 0 Å². The normalized spacial score (nSPS) is 10.5. The highest BCUT2D eigenvalue weighted by Gasteiger charge is 2.13. The third-order valence-corrected chi connectivity index (χ3v) is 2.12. The number of aromatic nitrogens is 1. The smallest absolute Gasteiger partial charge is 0.340 e. The number of hydrogen-bond acceptors (Lipinski definition) is 2. The number of benzene rings is 1. The van der Waals surface area contributed by atoms with Crippen molar-refractivity contribution < 1.29 is 13.9 Å². The van der Waals surface area contributed by atoms with Crippen LogP contribution < -0.4 is 0 Å². The summed E-state index contributed by atoms with van der Waals surface area (Å²) in [6.07, 6.45) is 1.66. The zero-order chi connectivity index (χ0) is 10.8. The Kier molecular flexibility index (Phi) is 2.41. The van der Waals surface area contributed by atoms with Crippen molar-refractivity contribution in [1.82, 2.24) is 4.98 Å². The number of rotatable bonds is 2. The van der Waals surface area contributed by atoms with Crippen LogP contribution in [0.15, 0.2) is 24.4 Å². The van der Waals surface area contributed by atoms with Gasteiger partial charge in [0.15, 0.2) is 0 Å². The maximum Gasteiger partial charge on any atom is 0.340 e. The van der Waals surface area contributed by atoms with Crippen LogP contribution in [0.3, 0.4) is 0 Å². The Balaban J connectivity index is 2.57. The lowest BCUT2D eigenvalue weighted by atomic mass is 10.1. The second-order valence-electron chi connectivity index (χ2n) is 3.12. The summed E-state index contributed by atoms with van der Waals surface area (Å²) in [7, 11) is 0. The standard InChI is InChI=1S/C11H10FNO2/c1-2-15-11(14)9-6-8(12)5-7-3-4-13-10(7)9/h3-6,13H,2H2,1H3. The average molecular weight is 207 g/mol. The van der Waals surface area contributed by atoms with Crippen LogP contribution in [0.2, 0.25) is 0 Å². The van der Waals surface area contributed by atoms with Gasteiger partial charge >= 0.3 is 5.97 Å². The minimum absolute atomic E-state index is 0.233. The minimum atomic E-state index is -0.510. The molecule has 15 heavy (non-hydrogen) atoms. The van der Waals surface area contributed by atoms with E-state index in [2.05, 4.69) is 4.98 Å². The molecule has 0 bridgehead atoms. The maximum absolute atomic E-state index is 13.2. The van der Waals surface area contributed by atoms with Crippen molar-refractivity contribution in [2.45, 2.75) is 6.92 Å². The van der Waals surface area contributed by atoms with Crippen LogP contribution in [0, 0.1) is 5.82 Å². The highest BCUT2D eigenvalue weighted by atomic mass is 19.1. The molecule has 0 unspecified atom stereocenters. The molecule has 0 aliphatic carbocycles. The van der Waals surface area contributed by atoms with Crippen LogP contribution in [0.1, 0.15) is 17.3 Å². The molecule has 0 atom stereocenters. The summed E-state index contributed by atoms with van der Waals surface area (Å²) in [4.78, 5) is 14.4. The van der Waals surface area contributed by atoms with E-state index < -0.39 is 11.8 Å². The molecule has 2 aromatic rings. The second kappa shape index (κ2) is 3.73. The number of H-pyrrole nitrogens is 1. The number of carbonyl (C=O) groups is 1. The first kappa shape index (κ1) is 9.71. The predicted octanol–water partition coefficient (Wildman–Crippen LogP) is 2.48. The van der Waals surface area contributed by atoms with Gasteiger partial charge in [-0.1, -0.05) is 0 Å². The van der Waals surface area contributed by atoms with Crippen molar-refractivity contribution >= 4 is 16.9 Å². The Morgan fingerprint density at radius 2 is 2.33 bits per heavy atom. The number of carbonyl (C=O) groups excluding carboxylic acids is 1. The summed E-state index contributed by atoms with van der Waals surface area (Å²) in [5, 5.41) is 0.665. The predicted molar refractivity (Wildman–Crippen MR) is 54.2 cm³/mol. The molecule has 1 N–H and O–H groups in total. The number of fused-ring (bicyclic) bond motifs is 1. The Morgan fingerprint density at radius 1 is 1.53 bits per heavy atom. The van der Waals surface area contributed by atoms with Gasteiger partial charge in [-0.25, -0.2) is 9.18 Å². The van der Waals surface area contributed by atoms with Crippen molar-refractivity contribution in [3.63, 3.8) is 0 Å². The lowest BCUT2D eigenvalue weighted by Crippen LogP contribution is -2.05. The molecule has 2 rings (SSSR count). The third kappa shape index (κ3) is 1.70. The van der Waals surface area contributed by atoms with Gasteiger partial charge in [0.1, 0.15) is 5.82 Å². The second-order valence-corrected chi connectivity index (χ2v) is 3.12. The molecule has 1 heterocycles. The molecular weight excluding hydrogens is 197 g/mol. The lowest BCUT2D eigenvalue weighted by Gasteiger charge is -2.03. The first-order chi connectivity index (χ1) is 7.22. The Labute approximate surface area is 85.9 Å². The fourth-order valence-electron chi connectivity index (χ4n) is 1.51. The van der Waals surface area contributed by atoms with Crippen LogP contribution in [-0.2, 0) is 4.74 Å². The third-order valence-electron chi connectivity index (χ3n) is 2.12. The van der Waals surface area contributed by atoms with E-state index in [4.69, 9.17) is 4.74 Å². The number of esters is 1. The molecular formula is C11H10FNO2. The summed E-state index contributed by atoms with van der Waals surface area (Å²) in [6.45, 7) is 1.99. The first-order valence-electron chi connectivity index (χ1n) is 4.66. The highest BCUT2D eigenvalue weighted by Crippen LogP contribution is 2.19. The van der Waals surface area contributed by atoms with Crippen LogP contribution in [0.5, 0.6) is 0 Å². The van der Waals surface area contributed by atoms with Gasteiger partial charge in [-0.2, -0.15) is 0 Å². The maximum atomic E-state index is 13.2. The quantitative estimate of drug-likeness (QED) is 0.768. The number of ether oxygens (including phenoxy) is 1. The molecule has 0 saturated carbocycles. The zero-order valence-corrected chi connectivity index (χ0v) is 8.21. The van der Waals surface area contributed by atoms with Gasteiger partial charge in [0.05, 0.1) is 17.7 Å². The van der Waals surface area contributed by atoms with Crippen LogP contribution in [0.4, 0.5) is 4.39 Å². The van der Waals surface area contributed by atoms with E-state index >= 15 is 0 Å². The SMILES string of the molecule is CCOC(=O)c1cc(F)cc2cc[nH]c12. The van der Waals surface area contributed by atoms with Crippen molar-refractivity contribution in [2.75, 3.05) is 6.61 Å². The fourth-order valence-corrected chi connectivity index (χ4v) is 1.51. The molecule has 78 valence electrons. The number of nitrogens with one attached hydrogen (secondary N) is 1.